The van der Waals surface area contributed by atoms with Crippen molar-refractivity contribution in [3.8, 4) is 6.07 Å². The molecule has 4 rings (SSSR count). The van der Waals surface area contributed by atoms with Gasteiger partial charge in [-0.2, -0.15) is 5.26 Å². The number of sulfone groups is 1. The maximum absolute atomic E-state index is 13.5. The third-order valence-electron chi connectivity index (χ3n) is 9.46. The highest BCUT2D eigenvalue weighted by molar-refractivity contribution is 7.97. The van der Waals surface area contributed by atoms with E-state index in [1.165, 1.54) is 62.1 Å². The first-order valence-electron chi connectivity index (χ1n) is 18.1. The van der Waals surface area contributed by atoms with Crippen LogP contribution in [0.5, 0.6) is 0 Å². The number of esters is 1. The number of nitriles is 1. The molecule has 5 atom stereocenters. The Morgan fingerprint density at radius 2 is 1.73 bits per heavy atom. The molecule has 1 aliphatic carbocycles. The highest BCUT2D eigenvalue weighted by Crippen LogP contribution is 2.44. The van der Waals surface area contributed by atoms with Crippen LogP contribution in [0.1, 0.15) is 115 Å². The number of anilines is 1. The lowest BCUT2D eigenvalue weighted by Crippen LogP contribution is -2.36. The number of aromatic nitrogens is 2. The predicted octanol–water partition coefficient (Wildman–Crippen LogP) is 6.26. The number of aliphatic hydroxyl groups is 2. The van der Waals surface area contributed by atoms with E-state index in [-0.39, 0.29) is 41.7 Å². The molecule has 18 heteroatoms. The number of rotatable bonds is 23. The summed E-state index contributed by atoms with van der Waals surface area (Å²) in [5.74, 6) is -1.58. The van der Waals surface area contributed by atoms with Crippen LogP contribution in [0, 0.1) is 11.3 Å². The minimum absolute atomic E-state index is 0.0381. The molecule has 0 radical (unpaired) electrons. The standard InChI is InChI=1S/C34H51ClFN4O10PS/c1-2-3-4-5-6-7-8-9-10-11-12-13-14-28(41)48-21-49-51(44,45)22-52(46,47)20-27-30(42)31(43)34(50-27)40-16-15-25-29(38-24-17-23(36)18-24)26(19-37)32(35)39-33(25)40/h15-16,23-24,27,30-31,34,42-43H,2-14,17-18,20-22H2,1H3,(H,38,39)(H,44,45)/t23-,24+,27-,30-,31-,34-/m1/s1. The van der Waals surface area contributed by atoms with Crippen LogP contribution in [-0.4, -0.2) is 87.6 Å². The summed E-state index contributed by atoms with van der Waals surface area (Å²) in [4.78, 5) is 26.5. The van der Waals surface area contributed by atoms with Gasteiger partial charge < -0.3 is 34.5 Å². The number of unbranched alkanes of at least 4 members (excludes halogenated alkanes) is 11. The maximum atomic E-state index is 13.5. The van der Waals surface area contributed by atoms with E-state index in [9.17, 15) is 42.5 Å². The van der Waals surface area contributed by atoms with Gasteiger partial charge in [-0.05, 0) is 25.3 Å². The van der Waals surface area contributed by atoms with Crippen LogP contribution in [0.4, 0.5) is 10.1 Å². The second kappa shape index (κ2) is 19.8. The van der Waals surface area contributed by atoms with E-state index in [1.54, 1.807) is 6.07 Å². The van der Waals surface area contributed by atoms with E-state index in [2.05, 4.69) is 17.2 Å². The van der Waals surface area contributed by atoms with Crippen molar-refractivity contribution >= 4 is 51.7 Å². The number of carbonyl (C=O) groups is 1. The molecule has 0 bridgehead atoms. The van der Waals surface area contributed by atoms with E-state index < -0.39 is 72.2 Å². The van der Waals surface area contributed by atoms with E-state index >= 15 is 0 Å². The SMILES string of the molecule is CCCCCCCCCCCCCCC(=O)OCOP(=O)(O)CS(=O)(=O)C[C@H]1O[C@@H](n2ccc3c(N[C@H]4C[C@@H](F)C4)c(C#N)c(Cl)nc32)[C@H](O)[C@@H]1O. The third-order valence-corrected chi connectivity index (χ3v) is 14.0. The van der Waals surface area contributed by atoms with Crippen LogP contribution in [-0.2, 0) is 33.2 Å². The van der Waals surface area contributed by atoms with E-state index in [0.29, 0.717) is 17.5 Å². The van der Waals surface area contributed by atoms with Gasteiger partial charge >= 0.3 is 13.6 Å². The zero-order chi connectivity index (χ0) is 37.9. The summed E-state index contributed by atoms with van der Waals surface area (Å²) in [7, 11) is -9.23. The molecule has 14 nitrogen and oxygen atoms in total. The van der Waals surface area contributed by atoms with Crippen molar-refractivity contribution in [2.45, 2.75) is 140 Å². The number of pyridine rings is 1. The van der Waals surface area contributed by atoms with E-state index in [1.807, 2.05) is 6.07 Å². The van der Waals surface area contributed by atoms with Gasteiger partial charge in [0.25, 0.3) is 0 Å². The van der Waals surface area contributed by atoms with Crippen molar-refractivity contribution in [1.29, 1.82) is 5.26 Å². The molecule has 2 aliphatic rings. The molecule has 2 aromatic rings. The minimum Gasteiger partial charge on any atom is -0.438 e. The van der Waals surface area contributed by atoms with Gasteiger partial charge in [0.1, 0.15) is 41.8 Å². The molecule has 0 amide bonds. The number of fused-ring (bicyclic) bond motifs is 1. The van der Waals surface area contributed by atoms with Gasteiger partial charge in [0.2, 0.25) is 6.79 Å². The van der Waals surface area contributed by atoms with Crippen molar-refractivity contribution in [2.75, 3.05) is 23.4 Å². The highest BCUT2D eigenvalue weighted by atomic mass is 35.5. The van der Waals surface area contributed by atoms with Crippen LogP contribution in [0.15, 0.2) is 12.3 Å². The quantitative estimate of drug-likeness (QED) is 0.0322. The molecule has 1 unspecified atom stereocenters. The van der Waals surface area contributed by atoms with Crippen LogP contribution in [0.25, 0.3) is 11.0 Å². The van der Waals surface area contributed by atoms with Gasteiger partial charge in [-0.15, -0.1) is 0 Å². The molecule has 1 saturated heterocycles. The van der Waals surface area contributed by atoms with Gasteiger partial charge in [0.15, 0.2) is 26.7 Å². The van der Waals surface area contributed by atoms with Crippen molar-refractivity contribution in [2.24, 2.45) is 0 Å². The second-order valence-corrected chi connectivity index (χ2v) is 18.5. The Hall–Kier alpha value is -2.35. The van der Waals surface area contributed by atoms with Crippen LogP contribution in [0.2, 0.25) is 5.15 Å². The third kappa shape index (κ3) is 12.1. The first-order chi connectivity index (χ1) is 24.7. The number of aliphatic hydroxyl groups excluding tert-OH is 2. The van der Waals surface area contributed by atoms with Crippen molar-refractivity contribution in [3.63, 3.8) is 0 Å². The lowest BCUT2D eigenvalue weighted by molar-refractivity contribution is -0.150. The van der Waals surface area contributed by atoms with Crippen molar-refractivity contribution in [1.82, 2.24) is 9.55 Å². The van der Waals surface area contributed by atoms with Crippen LogP contribution >= 0.6 is 19.2 Å². The Morgan fingerprint density at radius 3 is 2.33 bits per heavy atom. The molecule has 52 heavy (non-hydrogen) atoms. The smallest absolute Gasteiger partial charge is 0.346 e. The van der Waals surface area contributed by atoms with Crippen molar-refractivity contribution in [3.05, 3.63) is 23.0 Å². The zero-order valence-electron chi connectivity index (χ0n) is 29.5. The van der Waals surface area contributed by atoms with Gasteiger partial charge in [-0.3, -0.25) is 13.9 Å². The zero-order valence-corrected chi connectivity index (χ0v) is 32.0. The number of nitrogens with one attached hydrogen (secondary N) is 1. The van der Waals surface area contributed by atoms with E-state index in [4.69, 9.17) is 25.6 Å². The largest absolute Gasteiger partial charge is 0.438 e. The number of hydrogen-bond acceptors (Lipinski definition) is 12. The summed E-state index contributed by atoms with van der Waals surface area (Å²) >= 11 is 6.30. The normalized spacial score (nSPS) is 24.3. The second-order valence-electron chi connectivity index (χ2n) is 13.8. The Kier molecular flexibility index (Phi) is 16.2. The summed E-state index contributed by atoms with van der Waals surface area (Å²) in [5.41, 5.74) is -0.853. The average molecular weight is 793 g/mol. The summed E-state index contributed by atoms with van der Waals surface area (Å²) < 4.78 is 68.6. The molecule has 4 N–H and O–H groups in total. The summed E-state index contributed by atoms with van der Waals surface area (Å²) in [6, 6.07) is 3.31. The molecule has 2 fully saturated rings. The van der Waals surface area contributed by atoms with Gasteiger partial charge in [0.05, 0.1) is 11.4 Å². The van der Waals surface area contributed by atoms with Gasteiger partial charge in [-0.25, -0.2) is 17.8 Å². The van der Waals surface area contributed by atoms with E-state index in [0.717, 1.165) is 19.3 Å². The van der Waals surface area contributed by atoms with Crippen LogP contribution in [0.3, 0.4) is 0 Å². The first-order valence-corrected chi connectivity index (χ1v) is 22.1. The van der Waals surface area contributed by atoms with Crippen molar-refractivity contribution < 1.29 is 51.3 Å². The Morgan fingerprint density at radius 1 is 1.12 bits per heavy atom. The highest BCUT2D eigenvalue weighted by Gasteiger charge is 2.47. The molecule has 1 aliphatic heterocycles. The lowest BCUT2D eigenvalue weighted by atomic mass is 9.90. The average Bonchev–Trinajstić information content (AvgIpc) is 3.59. The molecular weight excluding hydrogens is 742 g/mol. The van der Waals surface area contributed by atoms with Gasteiger partial charge in [-0.1, -0.05) is 89.2 Å². The number of alkyl halides is 1. The molecule has 0 spiro atoms. The number of nitrogens with zero attached hydrogens (tertiary/aromatic N) is 3. The summed E-state index contributed by atoms with van der Waals surface area (Å²) in [6.45, 7) is 1.30. The minimum atomic E-state index is -4.80. The topological polar surface area (TPSA) is 210 Å². The van der Waals surface area contributed by atoms with Gasteiger partial charge in [0, 0.05) is 24.0 Å². The Labute approximate surface area is 309 Å². The number of halogens is 2. The fourth-order valence-corrected chi connectivity index (χ4v) is 10.4. The molecule has 2 aromatic heterocycles. The summed E-state index contributed by atoms with van der Waals surface area (Å²) in [5, 5.41) is 34.6. The number of carbonyl (C=O) groups excluding carboxylic acids is 1. The Balaban J connectivity index is 1.21. The maximum Gasteiger partial charge on any atom is 0.346 e. The van der Waals surface area contributed by atoms with Crippen LogP contribution < -0.4 is 5.32 Å². The molecule has 3 heterocycles. The fraction of sp³-hybridized carbons (Fsp3) is 0.735. The molecule has 1 saturated carbocycles. The summed E-state index contributed by atoms with van der Waals surface area (Å²) in [6.07, 6.45) is 8.46. The monoisotopic (exact) mass is 792 g/mol. The molecule has 0 aromatic carbocycles. The Bertz CT molecular complexity index is 1690. The predicted molar refractivity (Wildman–Crippen MR) is 193 cm³/mol. The number of ether oxygens (including phenoxy) is 2. The first kappa shape index (κ1) is 42.4. The molecule has 292 valence electrons. The number of hydrogen-bond donors (Lipinski definition) is 4. The lowest BCUT2D eigenvalue weighted by Gasteiger charge is -2.31. The fourth-order valence-electron chi connectivity index (χ4n) is 6.51. The molecular formula is C34H51ClFN4O10PS.